The van der Waals surface area contributed by atoms with E-state index in [1.807, 2.05) is 21.7 Å². The second-order valence-corrected chi connectivity index (χ2v) is 9.07. The van der Waals surface area contributed by atoms with Crippen LogP contribution >= 0.6 is 34.3 Å². The summed E-state index contributed by atoms with van der Waals surface area (Å²) in [5.41, 5.74) is 2.56. The molecule has 156 valence electrons. The van der Waals surface area contributed by atoms with Gasteiger partial charge in [0.15, 0.2) is 0 Å². The fourth-order valence-electron chi connectivity index (χ4n) is 3.31. The van der Waals surface area contributed by atoms with E-state index in [4.69, 9.17) is 11.6 Å². The molecule has 3 amide bonds. The van der Waals surface area contributed by atoms with E-state index >= 15 is 0 Å². The highest BCUT2D eigenvalue weighted by molar-refractivity contribution is 7.14. The molecule has 9 heteroatoms. The standard InChI is InChI=1S/C21H21ClN4O2S2/c22-16-3-1-4-17(11-16)24-21(28)26-7-2-6-25(8-9-26)19(27)12-18-14-30-20(23-18)15-5-10-29-13-15/h1,3-5,10-11,13-14H,2,6-9,12H2,(H,24,28). The van der Waals surface area contributed by atoms with Gasteiger partial charge in [0.05, 0.1) is 12.1 Å². The number of amides is 3. The molecule has 30 heavy (non-hydrogen) atoms. The normalized spacial score (nSPS) is 14.4. The van der Waals surface area contributed by atoms with Crippen LogP contribution in [0.4, 0.5) is 10.5 Å². The van der Waals surface area contributed by atoms with Crippen molar-refractivity contribution in [2.45, 2.75) is 12.8 Å². The van der Waals surface area contributed by atoms with E-state index < -0.39 is 0 Å². The van der Waals surface area contributed by atoms with E-state index in [-0.39, 0.29) is 18.4 Å². The first-order valence-corrected chi connectivity index (χ1v) is 11.8. The third-order valence-corrected chi connectivity index (χ3v) is 6.72. The molecule has 0 saturated carbocycles. The monoisotopic (exact) mass is 460 g/mol. The molecule has 1 N–H and O–H groups in total. The zero-order valence-corrected chi connectivity index (χ0v) is 18.6. The van der Waals surface area contributed by atoms with Gasteiger partial charge in [-0.2, -0.15) is 11.3 Å². The van der Waals surface area contributed by atoms with Gasteiger partial charge in [-0.3, -0.25) is 4.79 Å². The summed E-state index contributed by atoms with van der Waals surface area (Å²) in [6, 6.07) is 8.93. The lowest BCUT2D eigenvalue weighted by Crippen LogP contribution is -2.39. The van der Waals surface area contributed by atoms with Crippen molar-refractivity contribution in [1.29, 1.82) is 0 Å². The molecule has 0 spiro atoms. The van der Waals surface area contributed by atoms with Gasteiger partial charge in [0.2, 0.25) is 5.91 Å². The Morgan fingerprint density at radius 1 is 1.10 bits per heavy atom. The molecular formula is C21H21ClN4O2S2. The van der Waals surface area contributed by atoms with Gasteiger partial charge >= 0.3 is 6.03 Å². The van der Waals surface area contributed by atoms with Gasteiger partial charge in [0.1, 0.15) is 5.01 Å². The molecule has 0 unspecified atom stereocenters. The number of carbonyl (C=O) groups is 2. The number of thiophene rings is 1. The Hall–Kier alpha value is -2.42. The van der Waals surface area contributed by atoms with Gasteiger partial charge in [-0.1, -0.05) is 17.7 Å². The number of nitrogens with zero attached hydrogens (tertiary/aromatic N) is 3. The summed E-state index contributed by atoms with van der Waals surface area (Å²) in [6.45, 7) is 2.26. The van der Waals surface area contributed by atoms with E-state index in [1.165, 1.54) is 0 Å². The number of anilines is 1. The van der Waals surface area contributed by atoms with Crippen LogP contribution in [0, 0.1) is 0 Å². The Kier molecular flexibility index (Phi) is 6.66. The van der Waals surface area contributed by atoms with Crippen LogP contribution in [0.2, 0.25) is 5.02 Å². The number of hydrogen-bond donors (Lipinski definition) is 1. The summed E-state index contributed by atoms with van der Waals surface area (Å²) < 4.78 is 0. The molecule has 0 bridgehead atoms. The van der Waals surface area contributed by atoms with Crippen LogP contribution in [0.3, 0.4) is 0 Å². The zero-order valence-electron chi connectivity index (χ0n) is 16.2. The third-order valence-electron chi connectivity index (χ3n) is 4.86. The fraction of sp³-hybridized carbons (Fsp3) is 0.286. The number of halogens is 1. The lowest BCUT2D eigenvalue weighted by Gasteiger charge is -2.22. The van der Waals surface area contributed by atoms with Crippen LogP contribution in [0.1, 0.15) is 12.1 Å². The summed E-state index contributed by atoms with van der Waals surface area (Å²) in [4.78, 5) is 33.5. The van der Waals surface area contributed by atoms with E-state index in [2.05, 4.69) is 15.7 Å². The zero-order chi connectivity index (χ0) is 20.9. The third kappa shape index (κ3) is 5.19. The number of aromatic nitrogens is 1. The topological polar surface area (TPSA) is 65.5 Å². The first-order valence-electron chi connectivity index (χ1n) is 9.65. The van der Waals surface area contributed by atoms with Crippen molar-refractivity contribution < 1.29 is 9.59 Å². The lowest BCUT2D eigenvalue weighted by atomic mass is 10.3. The van der Waals surface area contributed by atoms with Gasteiger partial charge < -0.3 is 15.1 Å². The highest BCUT2D eigenvalue weighted by atomic mass is 35.5. The Bertz CT molecular complexity index is 1020. The molecule has 1 aromatic carbocycles. The van der Waals surface area contributed by atoms with Crippen molar-refractivity contribution in [1.82, 2.24) is 14.8 Å². The summed E-state index contributed by atoms with van der Waals surface area (Å²) in [5.74, 6) is 0.0502. The summed E-state index contributed by atoms with van der Waals surface area (Å²) in [5, 5.41) is 10.4. The Morgan fingerprint density at radius 3 is 2.73 bits per heavy atom. The molecule has 4 rings (SSSR count). The maximum atomic E-state index is 12.8. The second kappa shape index (κ2) is 9.59. The van der Waals surface area contributed by atoms with Crippen LogP contribution in [-0.4, -0.2) is 52.9 Å². The number of thiazole rings is 1. The highest BCUT2D eigenvalue weighted by Crippen LogP contribution is 2.26. The first-order chi connectivity index (χ1) is 14.6. The minimum Gasteiger partial charge on any atom is -0.341 e. The molecule has 6 nitrogen and oxygen atoms in total. The molecule has 1 fully saturated rings. The molecule has 1 saturated heterocycles. The predicted molar refractivity (Wildman–Crippen MR) is 122 cm³/mol. The van der Waals surface area contributed by atoms with Crippen LogP contribution in [0.25, 0.3) is 10.6 Å². The average Bonchev–Trinajstić information content (AvgIpc) is 3.35. The van der Waals surface area contributed by atoms with Crippen LogP contribution in [-0.2, 0) is 11.2 Å². The van der Waals surface area contributed by atoms with E-state index in [0.29, 0.717) is 36.9 Å². The van der Waals surface area contributed by atoms with Crippen LogP contribution in [0.15, 0.2) is 46.5 Å². The average molecular weight is 461 g/mol. The second-order valence-electron chi connectivity index (χ2n) is 6.99. The molecule has 0 aliphatic carbocycles. The first kappa shape index (κ1) is 20.8. The molecule has 0 atom stereocenters. The fourth-order valence-corrected chi connectivity index (χ4v) is 5.03. The Labute approximate surface area is 188 Å². The smallest absolute Gasteiger partial charge is 0.321 e. The van der Waals surface area contributed by atoms with E-state index in [9.17, 15) is 9.59 Å². The molecular weight excluding hydrogens is 440 g/mol. The van der Waals surface area contributed by atoms with Gasteiger partial charge in [-0.15, -0.1) is 11.3 Å². The molecule has 0 radical (unpaired) electrons. The van der Waals surface area contributed by atoms with Gasteiger partial charge in [0, 0.05) is 53.2 Å². The minimum absolute atomic E-state index is 0.0502. The number of benzene rings is 1. The number of urea groups is 1. The molecule has 1 aliphatic heterocycles. The highest BCUT2D eigenvalue weighted by Gasteiger charge is 2.23. The minimum atomic E-state index is -0.175. The van der Waals surface area contributed by atoms with Gasteiger partial charge in [0.25, 0.3) is 0 Å². The maximum absolute atomic E-state index is 12.8. The van der Waals surface area contributed by atoms with Crippen molar-refractivity contribution in [3.63, 3.8) is 0 Å². The van der Waals surface area contributed by atoms with Crippen LogP contribution in [0.5, 0.6) is 0 Å². The van der Waals surface area contributed by atoms with Crippen LogP contribution < -0.4 is 5.32 Å². The molecule has 2 aromatic heterocycles. The van der Waals surface area contributed by atoms with E-state index in [1.54, 1.807) is 51.8 Å². The SMILES string of the molecule is O=C(Cc1csc(-c2ccsc2)n1)N1CCCN(C(=O)Nc2cccc(Cl)c2)CC1. The number of nitrogens with one attached hydrogen (secondary N) is 1. The summed E-state index contributed by atoms with van der Waals surface area (Å²) >= 11 is 9.17. The number of hydrogen-bond acceptors (Lipinski definition) is 5. The van der Waals surface area contributed by atoms with E-state index in [0.717, 1.165) is 22.7 Å². The largest absolute Gasteiger partial charge is 0.341 e. The van der Waals surface area contributed by atoms with Gasteiger partial charge in [-0.25, -0.2) is 9.78 Å². The molecule has 3 heterocycles. The lowest BCUT2D eigenvalue weighted by molar-refractivity contribution is -0.130. The van der Waals surface area contributed by atoms with Gasteiger partial charge in [-0.05, 0) is 36.1 Å². The summed E-state index contributed by atoms with van der Waals surface area (Å²) in [7, 11) is 0. The van der Waals surface area contributed by atoms with Crippen molar-refractivity contribution >= 4 is 51.9 Å². The number of rotatable bonds is 4. The van der Waals surface area contributed by atoms with Crippen molar-refractivity contribution in [3.05, 3.63) is 57.2 Å². The molecule has 1 aliphatic rings. The predicted octanol–water partition coefficient (Wildman–Crippen LogP) is 4.83. The molecule has 3 aromatic rings. The summed E-state index contributed by atoms with van der Waals surface area (Å²) in [6.07, 6.45) is 1.03. The maximum Gasteiger partial charge on any atom is 0.321 e. The Balaban J connectivity index is 1.31. The Morgan fingerprint density at radius 2 is 1.93 bits per heavy atom. The van der Waals surface area contributed by atoms with Crippen molar-refractivity contribution in [2.75, 3.05) is 31.5 Å². The number of carbonyl (C=O) groups excluding carboxylic acids is 2. The van der Waals surface area contributed by atoms with Crippen molar-refractivity contribution in [3.8, 4) is 10.6 Å². The van der Waals surface area contributed by atoms with Crippen molar-refractivity contribution in [2.24, 2.45) is 0 Å². The quantitative estimate of drug-likeness (QED) is 0.606.